The first-order chi connectivity index (χ1) is 3.86. The topological polar surface area (TPSA) is 12.9 Å². The largest absolute Gasteiger partial charge is 0.244 e. The third-order valence-electron chi connectivity index (χ3n) is 1.31. The molecule has 1 aromatic rings. The Morgan fingerprint density at radius 2 is 2.38 bits per heavy atom. The molecule has 1 nitrogen and oxygen atoms in total. The Balaban J connectivity index is 2.64. The highest BCUT2D eigenvalue weighted by Crippen LogP contribution is 2.27. The lowest BCUT2D eigenvalue weighted by molar-refractivity contribution is 1.34. The van der Waals surface area contributed by atoms with E-state index in [0.29, 0.717) is 5.15 Å². The van der Waals surface area contributed by atoms with Crippen molar-refractivity contribution in [3.05, 3.63) is 28.5 Å². The first-order valence-corrected chi connectivity index (χ1v) is 2.87. The van der Waals surface area contributed by atoms with E-state index in [9.17, 15) is 0 Å². The molecule has 2 rings (SSSR count). The van der Waals surface area contributed by atoms with Crippen LogP contribution in [0.5, 0.6) is 0 Å². The maximum Gasteiger partial charge on any atom is 0.129 e. The number of pyridine rings is 1. The second kappa shape index (κ2) is 1.23. The van der Waals surface area contributed by atoms with Crippen LogP contribution in [0.1, 0.15) is 11.1 Å². The van der Waals surface area contributed by atoms with Crippen molar-refractivity contribution < 1.29 is 0 Å². The Bertz CT molecular complexity index is 231. The molecule has 40 valence electrons. The molecule has 0 saturated carbocycles. The van der Waals surface area contributed by atoms with Crippen molar-refractivity contribution in [2.45, 2.75) is 6.42 Å². The molecule has 0 atom stereocenters. The summed E-state index contributed by atoms with van der Waals surface area (Å²) < 4.78 is 0. The van der Waals surface area contributed by atoms with Gasteiger partial charge in [0.2, 0.25) is 0 Å². The van der Waals surface area contributed by atoms with Crippen molar-refractivity contribution in [3.63, 3.8) is 0 Å². The molecule has 0 aromatic carbocycles. The minimum absolute atomic E-state index is 0.612. The summed E-state index contributed by atoms with van der Waals surface area (Å²) in [6.45, 7) is 0. The first kappa shape index (κ1) is 4.33. The predicted octanol–water partition coefficient (Wildman–Crippen LogP) is 1.64. The average molecular weight is 126 g/mol. The molecule has 1 aromatic heterocycles. The summed E-state index contributed by atoms with van der Waals surface area (Å²) >= 11 is 5.57. The van der Waals surface area contributed by atoms with Crippen LogP contribution in [0.4, 0.5) is 0 Å². The van der Waals surface area contributed by atoms with Gasteiger partial charge in [-0.1, -0.05) is 11.6 Å². The van der Waals surface area contributed by atoms with E-state index in [4.69, 9.17) is 11.6 Å². The van der Waals surface area contributed by atoms with Crippen LogP contribution in [0.3, 0.4) is 0 Å². The van der Waals surface area contributed by atoms with E-state index in [1.54, 1.807) is 0 Å². The van der Waals surface area contributed by atoms with Crippen LogP contribution in [0.15, 0.2) is 12.3 Å². The highest BCUT2D eigenvalue weighted by atomic mass is 35.5. The molecule has 0 fully saturated rings. The van der Waals surface area contributed by atoms with E-state index in [1.165, 1.54) is 11.1 Å². The maximum atomic E-state index is 5.57. The van der Waals surface area contributed by atoms with Gasteiger partial charge in [-0.15, -0.1) is 0 Å². The normalized spacial score (nSPS) is 13.1. The van der Waals surface area contributed by atoms with Crippen LogP contribution in [-0.4, -0.2) is 4.98 Å². The van der Waals surface area contributed by atoms with Gasteiger partial charge >= 0.3 is 0 Å². The lowest BCUT2D eigenvalue weighted by Gasteiger charge is -1.79. The standard InChI is InChI=1S/C6H4ClN/c7-6-2-4-1-5(4)3-8-6/h2-3H,1H2. The van der Waals surface area contributed by atoms with Gasteiger partial charge in [0.25, 0.3) is 0 Å². The van der Waals surface area contributed by atoms with Gasteiger partial charge in [-0.3, -0.25) is 0 Å². The van der Waals surface area contributed by atoms with Crippen molar-refractivity contribution in [2.24, 2.45) is 0 Å². The summed E-state index contributed by atoms with van der Waals surface area (Å²) in [6, 6.07) is 1.91. The molecule has 0 radical (unpaired) electrons. The van der Waals surface area contributed by atoms with E-state index in [1.807, 2.05) is 12.3 Å². The molecule has 0 aliphatic heterocycles. The van der Waals surface area contributed by atoms with Crippen LogP contribution in [0.25, 0.3) is 0 Å². The number of rotatable bonds is 0. The Morgan fingerprint density at radius 1 is 1.50 bits per heavy atom. The molecular formula is C6H4ClN. The summed E-state index contributed by atoms with van der Waals surface area (Å²) in [7, 11) is 0. The minimum atomic E-state index is 0.612. The zero-order valence-corrected chi connectivity index (χ0v) is 4.94. The van der Waals surface area contributed by atoms with Crippen molar-refractivity contribution in [1.29, 1.82) is 0 Å². The number of aromatic nitrogens is 1. The van der Waals surface area contributed by atoms with Gasteiger partial charge in [0.05, 0.1) is 0 Å². The second-order valence-electron chi connectivity index (χ2n) is 1.95. The van der Waals surface area contributed by atoms with Gasteiger partial charge in [0.15, 0.2) is 0 Å². The van der Waals surface area contributed by atoms with Gasteiger partial charge in [-0.2, -0.15) is 0 Å². The molecule has 0 unspecified atom stereocenters. The van der Waals surface area contributed by atoms with E-state index >= 15 is 0 Å². The number of hydrogen-bond donors (Lipinski definition) is 0. The van der Waals surface area contributed by atoms with Gasteiger partial charge in [-0.05, 0) is 23.6 Å². The molecule has 0 amide bonds. The van der Waals surface area contributed by atoms with Crippen LogP contribution < -0.4 is 0 Å². The molecule has 0 bridgehead atoms. The highest BCUT2D eigenvalue weighted by Gasteiger charge is 2.15. The van der Waals surface area contributed by atoms with Gasteiger partial charge in [0, 0.05) is 6.20 Å². The fourth-order valence-corrected chi connectivity index (χ4v) is 0.934. The predicted molar refractivity (Wildman–Crippen MR) is 32.1 cm³/mol. The lowest BCUT2D eigenvalue weighted by Crippen LogP contribution is -1.66. The van der Waals surface area contributed by atoms with Crippen molar-refractivity contribution in [2.75, 3.05) is 0 Å². The quantitative estimate of drug-likeness (QED) is 0.488. The molecule has 1 aliphatic carbocycles. The fraction of sp³-hybridized carbons (Fsp3) is 0.167. The second-order valence-corrected chi connectivity index (χ2v) is 2.34. The molecule has 8 heavy (non-hydrogen) atoms. The van der Waals surface area contributed by atoms with Crippen LogP contribution in [0, 0.1) is 0 Å². The Hall–Kier alpha value is -0.560. The number of halogens is 1. The third-order valence-corrected chi connectivity index (χ3v) is 1.51. The zero-order chi connectivity index (χ0) is 5.56. The Kier molecular flexibility index (Phi) is 0.667. The highest BCUT2D eigenvalue weighted by molar-refractivity contribution is 6.29. The van der Waals surface area contributed by atoms with Gasteiger partial charge < -0.3 is 0 Å². The minimum Gasteiger partial charge on any atom is -0.244 e. The summed E-state index contributed by atoms with van der Waals surface area (Å²) in [4.78, 5) is 3.90. The molecule has 0 spiro atoms. The molecule has 0 saturated heterocycles. The average Bonchev–Trinajstić information content (AvgIpc) is 2.43. The van der Waals surface area contributed by atoms with Crippen LogP contribution in [0.2, 0.25) is 5.15 Å². The summed E-state index contributed by atoms with van der Waals surface area (Å²) in [6.07, 6.45) is 2.93. The monoisotopic (exact) mass is 125 g/mol. The van der Waals surface area contributed by atoms with E-state index in [-0.39, 0.29) is 0 Å². The number of hydrogen-bond acceptors (Lipinski definition) is 1. The molecule has 2 heteroatoms. The van der Waals surface area contributed by atoms with Crippen molar-refractivity contribution >= 4 is 11.6 Å². The number of nitrogens with zero attached hydrogens (tertiary/aromatic N) is 1. The lowest BCUT2D eigenvalue weighted by atomic mass is 10.5. The molecular weight excluding hydrogens is 122 g/mol. The van der Waals surface area contributed by atoms with Crippen LogP contribution >= 0.6 is 11.6 Å². The first-order valence-electron chi connectivity index (χ1n) is 2.49. The fourth-order valence-electron chi connectivity index (χ4n) is 0.754. The SMILES string of the molecule is Clc1cc2c(cn1)C2. The number of fused-ring (bicyclic) bond motifs is 1. The molecule has 1 aliphatic rings. The Labute approximate surface area is 52.3 Å². The Morgan fingerprint density at radius 3 is 3.00 bits per heavy atom. The zero-order valence-electron chi connectivity index (χ0n) is 4.19. The molecule has 0 N–H and O–H groups in total. The van der Waals surface area contributed by atoms with Crippen LogP contribution in [-0.2, 0) is 6.42 Å². The van der Waals surface area contributed by atoms with E-state index in [0.717, 1.165) is 6.42 Å². The van der Waals surface area contributed by atoms with Gasteiger partial charge in [0.1, 0.15) is 5.15 Å². The van der Waals surface area contributed by atoms with Crippen molar-refractivity contribution in [1.82, 2.24) is 4.98 Å². The summed E-state index contributed by atoms with van der Waals surface area (Å²) in [5.74, 6) is 0. The summed E-state index contributed by atoms with van der Waals surface area (Å²) in [5.41, 5.74) is 2.69. The third kappa shape index (κ3) is 0.514. The summed E-state index contributed by atoms with van der Waals surface area (Å²) in [5, 5.41) is 0.612. The van der Waals surface area contributed by atoms with E-state index < -0.39 is 0 Å². The molecule has 1 heterocycles. The van der Waals surface area contributed by atoms with Crippen molar-refractivity contribution in [3.8, 4) is 0 Å². The smallest absolute Gasteiger partial charge is 0.129 e. The van der Waals surface area contributed by atoms with E-state index in [2.05, 4.69) is 4.98 Å². The van der Waals surface area contributed by atoms with Gasteiger partial charge in [-0.25, -0.2) is 4.98 Å². The maximum absolute atomic E-state index is 5.57.